The Balaban J connectivity index is 4.06. The molecule has 0 saturated heterocycles. The summed E-state index contributed by atoms with van der Waals surface area (Å²) in [7, 11) is 0. The van der Waals surface area contributed by atoms with Gasteiger partial charge in [0.15, 0.2) is 6.10 Å². The fraction of sp³-hybridized carbons (Fsp3) is 0.755. The lowest BCUT2D eigenvalue weighted by atomic mass is 10.1. The Morgan fingerprint density at radius 3 is 1.39 bits per heavy atom. The van der Waals surface area contributed by atoms with E-state index in [1.165, 1.54) is 96.3 Å². The molecule has 0 spiro atoms. The quantitative estimate of drug-likeness (QED) is 0.0353. The predicted octanol–water partition coefficient (Wildman–Crippen LogP) is 15.0. The Labute approximate surface area is 334 Å². The van der Waals surface area contributed by atoms with E-state index in [0.29, 0.717) is 19.4 Å². The van der Waals surface area contributed by atoms with E-state index in [4.69, 9.17) is 14.2 Å². The molecule has 0 aromatic heterocycles. The van der Waals surface area contributed by atoms with E-state index in [1.807, 2.05) is 0 Å². The van der Waals surface area contributed by atoms with Crippen molar-refractivity contribution < 1.29 is 23.8 Å². The summed E-state index contributed by atoms with van der Waals surface area (Å²) >= 11 is 0. The first-order valence-electron chi connectivity index (χ1n) is 22.8. The molecule has 0 saturated carbocycles. The molecule has 0 N–H and O–H groups in total. The minimum atomic E-state index is -0.544. The molecule has 0 bridgehead atoms. The Morgan fingerprint density at radius 1 is 0.426 bits per heavy atom. The fourth-order valence-electron chi connectivity index (χ4n) is 6.14. The molecule has 54 heavy (non-hydrogen) atoms. The average molecular weight is 755 g/mol. The van der Waals surface area contributed by atoms with E-state index in [9.17, 15) is 9.59 Å². The van der Waals surface area contributed by atoms with E-state index >= 15 is 0 Å². The SMILES string of the molecule is CC/C=C\C/C=C\C/C=C\CCCCCC(=O)OCC(COCCCCCCCCCCCC/C=C\C/C=C\CCCCC)OC(=O)CCCCCCC. The number of allylic oxidation sites excluding steroid dienone is 10. The summed E-state index contributed by atoms with van der Waals surface area (Å²) in [6.07, 6.45) is 55.4. The van der Waals surface area contributed by atoms with Crippen LogP contribution in [0.3, 0.4) is 0 Å². The number of hydrogen-bond donors (Lipinski definition) is 0. The van der Waals surface area contributed by atoms with Gasteiger partial charge in [0.25, 0.3) is 0 Å². The minimum Gasteiger partial charge on any atom is -0.462 e. The normalized spacial score (nSPS) is 12.7. The number of carbonyl (C=O) groups excluding carboxylic acids is 2. The van der Waals surface area contributed by atoms with E-state index in [2.05, 4.69) is 81.5 Å². The molecule has 0 heterocycles. The smallest absolute Gasteiger partial charge is 0.306 e. The lowest BCUT2D eigenvalue weighted by Crippen LogP contribution is -2.30. The Kier molecular flexibility index (Phi) is 43.0. The van der Waals surface area contributed by atoms with Crippen LogP contribution in [-0.4, -0.2) is 37.9 Å². The van der Waals surface area contributed by atoms with Crippen molar-refractivity contribution in [2.24, 2.45) is 0 Å². The molecule has 1 atom stereocenters. The second-order valence-electron chi connectivity index (χ2n) is 14.9. The molecule has 0 aromatic carbocycles. The van der Waals surface area contributed by atoms with Crippen molar-refractivity contribution in [1.82, 2.24) is 0 Å². The minimum absolute atomic E-state index is 0.0679. The van der Waals surface area contributed by atoms with Gasteiger partial charge in [-0.05, 0) is 83.5 Å². The summed E-state index contributed by atoms with van der Waals surface area (Å²) in [5, 5.41) is 0. The Morgan fingerprint density at radius 2 is 0.833 bits per heavy atom. The maximum absolute atomic E-state index is 12.5. The Bertz CT molecular complexity index is 946. The molecule has 1 unspecified atom stereocenters. The van der Waals surface area contributed by atoms with Crippen LogP contribution in [-0.2, 0) is 23.8 Å². The molecule has 0 fully saturated rings. The standard InChI is InChI=1S/C49H86O5/c1-4-7-10-13-15-17-19-21-22-23-24-25-26-27-29-31-33-35-38-41-44-52-45-47(54-49(51)43-40-36-12-9-6-3)46-53-48(50)42-39-37-34-32-30-28-20-18-16-14-11-8-5-2/h8,11,15-18,21-22,28,30,47H,4-7,9-10,12-14,19-20,23-27,29,31-46H2,1-3H3/b11-8-,17-15-,18-16-,22-21-,30-28-. The predicted molar refractivity (Wildman–Crippen MR) is 233 cm³/mol. The van der Waals surface area contributed by atoms with Crippen LogP contribution in [0, 0.1) is 0 Å². The van der Waals surface area contributed by atoms with Gasteiger partial charge in [-0.1, -0.05) is 178 Å². The summed E-state index contributed by atoms with van der Waals surface area (Å²) in [5.74, 6) is -0.446. The molecule has 5 nitrogen and oxygen atoms in total. The summed E-state index contributed by atoms with van der Waals surface area (Å²) in [4.78, 5) is 25.0. The average Bonchev–Trinajstić information content (AvgIpc) is 3.17. The number of rotatable bonds is 41. The Hall–Kier alpha value is -2.40. The van der Waals surface area contributed by atoms with Gasteiger partial charge in [-0.2, -0.15) is 0 Å². The number of ether oxygens (including phenoxy) is 3. The highest BCUT2D eigenvalue weighted by atomic mass is 16.6. The molecular weight excluding hydrogens is 669 g/mol. The zero-order valence-electron chi connectivity index (χ0n) is 35.7. The number of hydrogen-bond acceptors (Lipinski definition) is 5. The highest BCUT2D eigenvalue weighted by Gasteiger charge is 2.17. The third-order valence-corrected chi connectivity index (χ3v) is 9.54. The van der Waals surface area contributed by atoms with E-state index < -0.39 is 6.10 Å². The second kappa shape index (κ2) is 45.0. The molecule has 312 valence electrons. The first-order valence-corrected chi connectivity index (χ1v) is 22.8. The molecular formula is C49H86O5. The van der Waals surface area contributed by atoms with Crippen LogP contribution in [0.2, 0.25) is 0 Å². The molecule has 0 rings (SSSR count). The molecule has 0 aromatic rings. The van der Waals surface area contributed by atoms with Gasteiger partial charge in [-0.15, -0.1) is 0 Å². The van der Waals surface area contributed by atoms with Gasteiger partial charge < -0.3 is 14.2 Å². The van der Waals surface area contributed by atoms with Gasteiger partial charge in [0.1, 0.15) is 6.61 Å². The number of esters is 2. The monoisotopic (exact) mass is 755 g/mol. The topological polar surface area (TPSA) is 61.8 Å². The van der Waals surface area contributed by atoms with Gasteiger partial charge in [-0.3, -0.25) is 9.59 Å². The molecule has 0 aliphatic rings. The zero-order chi connectivity index (χ0) is 39.3. The van der Waals surface area contributed by atoms with Crippen molar-refractivity contribution in [3.63, 3.8) is 0 Å². The highest BCUT2D eigenvalue weighted by Crippen LogP contribution is 2.13. The molecule has 0 radical (unpaired) electrons. The maximum Gasteiger partial charge on any atom is 0.306 e. The lowest BCUT2D eigenvalue weighted by Gasteiger charge is -2.18. The molecule has 0 aliphatic heterocycles. The summed E-state index contributed by atoms with van der Waals surface area (Å²) < 4.78 is 17.2. The third kappa shape index (κ3) is 42.3. The van der Waals surface area contributed by atoms with Crippen LogP contribution < -0.4 is 0 Å². The van der Waals surface area contributed by atoms with Crippen molar-refractivity contribution in [3.05, 3.63) is 60.8 Å². The summed E-state index contributed by atoms with van der Waals surface area (Å²) in [5.41, 5.74) is 0. The third-order valence-electron chi connectivity index (χ3n) is 9.54. The van der Waals surface area contributed by atoms with Crippen molar-refractivity contribution in [3.8, 4) is 0 Å². The van der Waals surface area contributed by atoms with E-state index in [-0.39, 0.29) is 25.2 Å². The van der Waals surface area contributed by atoms with Crippen molar-refractivity contribution in [2.75, 3.05) is 19.8 Å². The number of unbranched alkanes of at least 4 members (excludes halogenated alkanes) is 20. The van der Waals surface area contributed by atoms with Gasteiger partial charge >= 0.3 is 11.9 Å². The molecule has 5 heteroatoms. The summed E-state index contributed by atoms with van der Waals surface area (Å²) in [6, 6.07) is 0. The molecule has 0 aliphatic carbocycles. The van der Waals surface area contributed by atoms with Gasteiger partial charge in [0, 0.05) is 19.4 Å². The maximum atomic E-state index is 12.5. The van der Waals surface area contributed by atoms with Crippen LogP contribution in [0.4, 0.5) is 0 Å². The summed E-state index contributed by atoms with van der Waals surface area (Å²) in [6.45, 7) is 7.58. The van der Waals surface area contributed by atoms with Crippen molar-refractivity contribution >= 4 is 11.9 Å². The van der Waals surface area contributed by atoms with Crippen molar-refractivity contribution in [1.29, 1.82) is 0 Å². The van der Waals surface area contributed by atoms with Gasteiger partial charge in [0.05, 0.1) is 6.61 Å². The molecule has 0 amide bonds. The van der Waals surface area contributed by atoms with E-state index in [0.717, 1.165) is 83.5 Å². The van der Waals surface area contributed by atoms with Crippen LogP contribution >= 0.6 is 0 Å². The van der Waals surface area contributed by atoms with Gasteiger partial charge in [-0.25, -0.2) is 0 Å². The largest absolute Gasteiger partial charge is 0.462 e. The van der Waals surface area contributed by atoms with Crippen LogP contribution in [0.5, 0.6) is 0 Å². The fourth-order valence-corrected chi connectivity index (χ4v) is 6.14. The van der Waals surface area contributed by atoms with Crippen LogP contribution in [0.1, 0.15) is 213 Å². The number of carbonyl (C=O) groups is 2. The zero-order valence-corrected chi connectivity index (χ0v) is 35.7. The highest BCUT2D eigenvalue weighted by molar-refractivity contribution is 5.70. The second-order valence-corrected chi connectivity index (χ2v) is 14.9. The first-order chi connectivity index (χ1) is 26.6. The van der Waals surface area contributed by atoms with Gasteiger partial charge in [0.2, 0.25) is 0 Å². The van der Waals surface area contributed by atoms with Crippen LogP contribution in [0.25, 0.3) is 0 Å². The lowest BCUT2D eigenvalue weighted by molar-refractivity contribution is -0.163. The first kappa shape index (κ1) is 51.6. The van der Waals surface area contributed by atoms with Crippen LogP contribution in [0.15, 0.2) is 60.8 Å². The van der Waals surface area contributed by atoms with Crippen molar-refractivity contribution in [2.45, 2.75) is 219 Å². The van der Waals surface area contributed by atoms with E-state index in [1.54, 1.807) is 0 Å².